The molecule has 1 saturated heterocycles. The molecular formula is C20H29NO4. The number of nitrogens with zero attached hydrogens (tertiary/aromatic N) is 1. The average molecular weight is 347 g/mol. The fraction of sp³-hybridized carbons (Fsp3) is 0.600. The maximum atomic E-state index is 12.4. The average Bonchev–Trinajstić information content (AvgIpc) is 2.54. The summed E-state index contributed by atoms with van der Waals surface area (Å²) in [5.74, 6) is -0.960. The Kier molecular flexibility index (Phi) is 6.45. The van der Waals surface area contributed by atoms with Crippen LogP contribution in [0.5, 0.6) is 0 Å². The summed E-state index contributed by atoms with van der Waals surface area (Å²) < 4.78 is 5.40. The largest absolute Gasteiger partial charge is 0.480 e. The fourth-order valence-corrected chi connectivity index (χ4v) is 3.45. The van der Waals surface area contributed by atoms with Crippen molar-refractivity contribution in [1.29, 1.82) is 0 Å². The molecule has 1 heterocycles. The van der Waals surface area contributed by atoms with E-state index in [2.05, 4.69) is 12.1 Å². The standard InChI is InChI=1S/C20H29NO4/c1-20(2,3)25-19(24)21-14-8-13-16(17(21)18(22)23)12-7-11-15-9-5-4-6-10-15/h4-6,9-10,16-17H,7-8,11-14H2,1-3H3,(H,22,23)/t16-,17-/m1/s1. The predicted molar refractivity (Wildman–Crippen MR) is 96.5 cm³/mol. The number of aliphatic carboxylic acids is 1. The number of carboxylic acid groups (broad SMARTS) is 1. The summed E-state index contributed by atoms with van der Waals surface area (Å²) in [6, 6.07) is 9.40. The quantitative estimate of drug-likeness (QED) is 0.870. The highest BCUT2D eigenvalue weighted by Gasteiger charge is 2.40. The Morgan fingerprint density at radius 2 is 1.92 bits per heavy atom. The molecule has 138 valence electrons. The summed E-state index contributed by atoms with van der Waals surface area (Å²) in [6.45, 7) is 5.83. The van der Waals surface area contributed by atoms with E-state index in [1.54, 1.807) is 20.8 Å². The first-order valence-electron chi connectivity index (χ1n) is 9.04. The lowest BCUT2D eigenvalue weighted by molar-refractivity contribution is -0.147. The first kappa shape index (κ1) is 19.3. The maximum Gasteiger partial charge on any atom is 0.411 e. The summed E-state index contributed by atoms with van der Waals surface area (Å²) in [7, 11) is 0. The molecule has 0 unspecified atom stereocenters. The van der Waals surface area contributed by atoms with Crippen LogP contribution in [0.2, 0.25) is 0 Å². The minimum absolute atomic E-state index is 0.0255. The zero-order valence-corrected chi connectivity index (χ0v) is 15.4. The van der Waals surface area contributed by atoms with Crippen LogP contribution in [0.25, 0.3) is 0 Å². The van der Waals surface area contributed by atoms with Gasteiger partial charge in [-0.15, -0.1) is 0 Å². The molecule has 1 aromatic rings. The molecule has 0 aliphatic carbocycles. The topological polar surface area (TPSA) is 66.8 Å². The number of aryl methyl sites for hydroxylation is 1. The number of likely N-dealkylation sites (tertiary alicyclic amines) is 1. The Balaban J connectivity index is 1.99. The van der Waals surface area contributed by atoms with E-state index in [0.717, 1.165) is 32.1 Å². The molecule has 0 saturated carbocycles. The van der Waals surface area contributed by atoms with Gasteiger partial charge in [0.2, 0.25) is 0 Å². The van der Waals surface area contributed by atoms with Crippen molar-refractivity contribution in [2.45, 2.75) is 64.5 Å². The second-order valence-electron chi connectivity index (χ2n) is 7.74. The summed E-state index contributed by atoms with van der Waals surface area (Å²) >= 11 is 0. The lowest BCUT2D eigenvalue weighted by atomic mass is 9.85. The van der Waals surface area contributed by atoms with E-state index in [9.17, 15) is 14.7 Å². The van der Waals surface area contributed by atoms with Gasteiger partial charge in [0.25, 0.3) is 0 Å². The highest BCUT2D eigenvalue weighted by atomic mass is 16.6. The molecule has 0 spiro atoms. The molecule has 5 heteroatoms. The SMILES string of the molecule is CC(C)(C)OC(=O)N1CCC[C@@H](CCCc2ccccc2)[C@@H]1C(=O)O. The Bertz CT molecular complexity index is 579. The lowest BCUT2D eigenvalue weighted by Gasteiger charge is -2.39. The number of ether oxygens (including phenoxy) is 1. The van der Waals surface area contributed by atoms with Crippen molar-refractivity contribution < 1.29 is 19.4 Å². The molecule has 0 aromatic heterocycles. The van der Waals surface area contributed by atoms with E-state index in [4.69, 9.17) is 4.74 Å². The highest BCUT2D eigenvalue weighted by molar-refractivity contribution is 5.80. The predicted octanol–water partition coefficient (Wildman–Crippen LogP) is 4.11. The summed E-state index contributed by atoms with van der Waals surface area (Å²) in [5.41, 5.74) is 0.634. The van der Waals surface area contributed by atoms with Crippen molar-refractivity contribution in [3.63, 3.8) is 0 Å². The van der Waals surface area contributed by atoms with Gasteiger partial charge < -0.3 is 9.84 Å². The number of carbonyl (C=O) groups is 2. The Labute approximate surface area is 150 Å². The van der Waals surface area contributed by atoms with Gasteiger partial charge in [0.05, 0.1) is 0 Å². The van der Waals surface area contributed by atoms with Gasteiger partial charge in [-0.1, -0.05) is 30.3 Å². The molecule has 0 bridgehead atoms. The molecule has 1 amide bonds. The van der Waals surface area contributed by atoms with E-state index in [-0.39, 0.29) is 5.92 Å². The number of rotatable bonds is 5. The smallest absolute Gasteiger partial charge is 0.411 e. The van der Waals surface area contributed by atoms with Crippen LogP contribution >= 0.6 is 0 Å². The zero-order valence-electron chi connectivity index (χ0n) is 15.4. The summed E-state index contributed by atoms with van der Waals surface area (Å²) in [6.07, 6.45) is 3.78. The summed E-state index contributed by atoms with van der Waals surface area (Å²) in [4.78, 5) is 25.6. The molecule has 2 rings (SSSR count). The van der Waals surface area contributed by atoms with Gasteiger partial charge in [-0.25, -0.2) is 9.59 Å². The van der Waals surface area contributed by atoms with Crippen LogP contribution in [0.1, 0.15) is 52.0 Å². The Morgan fingerprint density at radius 3 is 2.52 bits per heavy atom. The van der Waals surface area contributed by atoms with Crippen LogP contribution < -0.4 is 0 Å². The number of benzene rings is 1. The zero-order chi connectivity index (χ0) is 18.4. The second-order valence-corrected chi connectivity index (χ2v) is 7.74. The minimum atomic E-state index is -0.935. The molecule has 1 N–H and O–H groups in total. The van der Waals surface area contributed by atoms with Crippen LogP contribution in [0.3, 0.4) is 0 Å². The number of amides is 1. The van der Waals surface area contributed by atoms with Crippen LogP contribution in [-0.2, 0) is 16.0 Å². The van der Waals surface area contributed by atoms with E-state index in [1.165, 1.54) is 10.5 Å². The third-order valence-electron chi connectivity index (χ3n) is 4.52. The number of piperidine rings is 1. The molecule has 25 heavy (non-hydrogen) atoms. The van der Waals surface area contributed by atoms with E-state index in [1.807, 2.05) is 18.2 Å². The molecule has 1 fully saturated rings. The molecule has 0 radical (unpaired) electrons. The number of carbonyl (C=O) groups excluding carboxylic acids is 1. The van der Waals surface area contributed by atoms with Crippen molar-refractivity contribution in [2.75, 3.05) is 6.54 Å². The van der Waals surface area contributed by atoms with Crippen LogP contribution in [-0.4, -0.2) is 40.3 Å². The first-order valence-corrected chi connectivity index (χ1v) is 9.04. The third-order valence-corrected chi connectivity index (χ3v) is 4.52. The monoisotopic (exact) mass is 347 g/mol. The van der Waals surface area contributed by atoms with Gasteiger partial charge in [0.15, 0.2) is 0 Å². The van der Waals surface area contributed by atoms with Crippen molar-refractivity contribution in [3.05, 3.63) is 35.9 Å². The molecule has 5 nitrogen and oxygen atoms in total. The number of hydrogen-bond acceptors (Lipinski definition) is 3. The van der Waals surface area contributed by atoms with E-state index >= 15 is 0 Å². The van der Waals surface area contributed by atoms with Gasteiger partial charge in [-0.2, -0.15) is 0 Å². The van der Waals surface area contributed by atoms with Gasteiger partial charge in [-0.05, 0) is 64.4 Å². The van der Waals surface area contributed by atoms with Gasteiger partial charge in [0.1, 0.15) is 11.6 Å². The third kappa shape index (κ3) is 5.76. The Hall–Kier alpha value is -2.04. The van der Waals surface area contributed by atoms with Crippen LogP contribution in [0.4, 0.5) is 4.79 Å². The van der Waals surface area contributed by atoms with Crippen molar-refractivity contribution in [2.24, 2.45) is 5.92 Å². The maximum absolute atomic E-state index is 12.4. The molecule has 1 aromatic carbocycles. The second kappa shape index (κ2) is 8.37. The molecule has 2 atom stereocenters. The number of hydrogen-bond donors (Lipinski definition) is 1. The minimum Gasteiger partial charge on any atom is -0.480 e. The normalized spacial score (nSPS) is 21.0. The van der Waals surface area contributed by atoms with Gasteiger partial charge >= 0.3 is 12.1 Å². The van der Waals surface area contributed by atoms with Crippen LogP contribution in [0, 0.1) is 5.92 Å². The Morgan fingerprint density at radius 1 is 1.24 bits per heavy atom. The van der Waals surface area contributed by atoms with Crippen molar-refractivity contribution in [3.8, 4) is 0 Å². The molecular weight excluding hydrogens is 318 g/mol. The molecule has 1 aliphatic rings. The summed E-state index contributed by atoms with van der Waals surface area (Å²) in [5, 5.41) is 9.69. The van der Waals surface area contributed by atoms with Crippen LogP contribution in [0.15, 0.2) is 30.3 Å². The number of carboxylic acids is 1. The lowest BCUT2D eigenvalue weighted by Crippen LogP contribution is -2.53. The van der Waals surface area contributed by atoms with E-state index < -0.39 is 23.7 Å². The molecule has 1 aliphatic heterocycles. The van der Waals surface area contributed by atoms with E-state index in [0.29, 0.717) is 6.54 Å². The van der Waals surface area contributed by atoms with Gasteiger partial charge in [-0.3, -0.25) is 4.90 Å². The first-order chi connectivity index (χ1) is 11.8. The highest BCUT2D eigenvalue weighted by Crippen LogP contribution is 2.29. The van der Waals surface area contributed by atoms with Crippen molar-refractivity contribution >= 4 is 12.1 Å². The fourth-order valence-electron chi connectivity index (χ4n) is 3.45. The van der Waals surface area contributed by atoms with Crippen molar-refractivity contribution in [1.82, 2.24) is 4.90 Å². The van der Waals surface area contributed by atoms with Gasteiger partial charge in [0, 0.05) is 6.54 Å².